The maximum absolute atomic E-state index is 12.9. The molecule has 3 heterocycles. The predicted octanol–water partition coefficient (Wildman–Crippen LogP) is 2.09. The van der Waals surface area contributed by atoms with Gasteiger partial charge in [-0.2, -0.15) is 0 Å². The second-order valence-corrected chi connectivity index (χ2v) is 7.78. The lowest BCUT2D eigenvalue weighted by Gasteiger charge is -2.35. The van der Waals surface area contributed by atoms with E-state index < -0.39 is 0 Å². The summed E-state index contributed by atoms with van der Waals surface area (Å²) in [4.78, 5) is 43.7. The average Bonchev–Trinajstić information content (AvgIpc) is 3.38. The first-order valence-corrected chi connectivity index (χ1v) is 9.98. The SMILES string of the molecule is O=C(c1cccs1)N1CCN(C(=O)[C@H]2CC(=O)N(c3ccccc3)C2)CC1. The molecule has 7 heteroatoms. The Morgan fingerprint density at radius 1 is 0.926 bits per heavy atom. The molecule has 0 aliphatic carbocycles. The Morgan fingerprint density at radius 2 is 1.63 bits per heavy atom. The lowest BCUT2D eigenvalue weighted by atomic mass is 10.1. The van der Waals surface area contributed by atoms with Crippen molar-refractivity contribution in [2.75, 3.05) is 37.6 Å². The molecule has 0 unspecified atom stereocenters. The molecule has 1 aromatic carbocycles. The minimum absolute atomic E-state index is 0.00828. The predicted molar refractivity (Wildman–Crippen MR) is 104 cm³/mol. The van der Waals surface area contributed by atoms with Crippen LogP contribution in [0, 0.1) is 5.92 Å². The van der Waals surface area contributed by atoms with E-state index >= 15 is 0 Å². The molecule has 0 bridgehead atoms. The van der Waals surface area contributed by atoms with Crippen molar-refractivity contribution < 1.29 is 14.4 Å². The molecule has 140 valence electrons. The first-order valence-electron chi connectivity index (χ1n) is 9.10. The summed E-state index contributed by atoms with van der Waals surface area (Å²) in [5.41, 5.74) is 0.837. The number of anilines is 1. The van der Waals surface area contributed by atoms with Crippen LogP contribution < -0.4 is 4.90 Å². The van der Waals surface area contributed by atoms with E-state index in [1.54, 1.807) is 14.7 Å². The van der Waals surface area contributed by atoms with E-state index in [2.05, 4.69) is 0 Å². The van der Waals surface area contributed by atoms with E-state index in [0.717, 1.165) is 10.6 Å². The smallest absolute Gasteiger partial charge is 0.264 e. The first kappa shape index (κ1) is 17.7. The molecule has 2 saturated heterocycles. The zero-order chi connectivity index (χ0) is 18.8. The molecule has 1 atom stereocenters. The third kappa shape index (κ3) is 3.60. The molecule has 3 amide bonds. The highest BCUT2D eigenvalue weighted by Crippen LogP contribution is 2.26. The average molecular weight is 383 g/mol. The standard InChI is InChI=1S/C20H21N3O3S/c24-18-13-15(14-23(18)16-5-2-1-3-6-16)19(25)21-8-10-22(11-9-21)20(26)17-7-4-12-27-17/h1-7,12,15H,8-11,13-14H2/t15-/m0/s1. The van der Waals surface area contributed by atoms with Crippen molar-refractivity contribution in [3.8, 4) is 0 Å². The number of para-hydroxylation sites is 1. The second kappa shape index (κ2) is 7.52. The highest BCUT2D eigenvalue weighted by atomic mass is 32.1. The first-order chi connectivity index (χ1) is 13.1. The number of hydrogen-bond acceptors (Lipinski definition) is 4. The monoisotopic (exact) mass is 383 g/mol. The van der Waals surface area contributed by atoms with Gasteiger partial charge < -0.3 is 14.7 Å². The Kier molecular flexibility index (Phi) is 4.94. The zero-order valence-corrected chi connectivity index (χ0v) is 15.7. The number of nitrogens with zero attached hydrogens (tertiary/aromatic N) is 3. The minimum Gasteiger partial charge on any atom is -0.339 e. The van der Waals surface area contributed by atoms with Gasteiger partial charge in [0.2, 0.25) is 11.8 Å². The Hall–Kier alpha value is -2.67. The summed E-state index contributed by atoms with van der Waals surface area (Å²) in [5, 5.41) is 1.89. The summed E-state index contributed by atoms with van der Waals surface area (Å²) >= 11 is 1.44. The van der Waals surface area contributed by atoms with Crippen molar-refractivity contribution in [2.24, 2.45) is 5.92 Å². The van der Waals surface area contributed by atoms with E-state index in [0.29, 0.717) is 32.7 Å². The van der Waals surface area contributed by atoms with Crippen molar-refractivity contribution in [3.05, 3.63) is 52.7 Å². The van der Waals surface area contributed by atoms with Crippen LogP contribution in [0.2, 0.25) is 0 Å². The fraction of sp³-hybridized carbons (Fsp3) is 0.350. The highest BCUT2D eigenvalue weighted by molar-refractivity contribution is 7.12. The Morgan fingerprint density at radius 3 is 2.30 bits per heavy atom. The third-order valence-electron chi connectivity index (χ3n) is 5.15. The Balaban J connectivity index is 1.35. The van der Waals surface area contributed by atoms with Gasteiger partial charge in [0.15, 0.2) is 0 Å². The van der Waals surface area contributed by atoms with Crippen LogP contribution in [-0.4, -0.2) is 60.2 Å². The molecule has 6 nitrogen and oxygen atoms in total. The summed E-state index contributed by atoms with van der Waals surface area (Å²) in [7, 11) is 0. The van der Waals surface area contributed by atoms with Crippen molar-refractivity contribution in [3.63, 3.8) is 0 Å². The minimum atomic E-state index is -0.308. The molecule has 0 N–H and O–H groups in total. The lowest BCUT2D eigenvalue weighted by Crippen LogP contribution is -2.52. The van der Waals surface area contributed by atoms with Crippen LogP contribution in [0.25, 0.3) is 0 Å². The number of thiophene rings is 1. The van der Waals surface area contributed by atoms with E-state index in [4.69, 9.17) is 0 Å². The van der Waals surface area contributed by atoms with Crippen LogP contribution in [0.1, 0.15) is 16.1 Å². The van der Waals surface area contributed by atoms with Crippen molar-refractivity contribution in [1.82, 2.24) is 9.80 Å². The summed E-state index contributed by atoms with van der Waals surface area (Å²) in [6.45, 7) is 2.53. The van der Waals surface area contributed by atoms with E-state index in [1.807, 2.05) is 47.8 Å². The van der Waals surface area contributed by atoms with Crippen LogP contribution in [-0.2, 0) is 9.59 Å². The number of carbonyl (C=O) groups is 3. The Labute approximate surface area is 162 Å². The van der Waals surface area contributed by atoms with Crippen LogP contribution in [0.5, 0.6) is 0 Å². The second-order valence-electron chi connectivity index (χ2n) is 6.84. The van der Waals surface area contributed by atoms with Crippen molar-refractivity contribution in [1.29, 1.82) is 0 Å². The molecule has 27 heavy (non-hydrogen) atoms. The molecule has 2 fully saturated rings. The highest BCUT2D eigenvalue weighted by Gasteiger charge is 2.38. The van der Waals surface area contributed by atoms with E-state index in [-0.39, 0.29) is 30.1 Å². The third-order valence-corrected chi connectivity index (χ3v) is 6.01. The topological polar surface area (TPSA) is 60.9 Å². The van der Waals surface area contributed by atoms with Crippen LogP contribution in [0.3, 0.4) is 0 Å². The number of benzene rings is 1. The molecular weight excluding hydrogens is 362 g/mol. The summed E-state index contributed by atoms with van der Waals surface area (Å²) < 4.78 is 0. The number of piperazine rings is 1. The summed E-state index contributed by atoms with van der Waals surface area (Å²) in [6.07, 6.45) is 0.252. The molecule has 2 aromatic rings. The molecular formula is C20H21N3O3S. The molecule has 2 aliphatic heterocycles. The van der Waals surface area contributed by atoms with Gasteiger partial charge in [-0.15, -0.1) is 11.3 Å². The van der Waals surface area contributed by atoms with Gasteiger partial charge in [-0.05, 0) is 23.6 Å². The van der Waals surface area contributed by atoms with Gasteiger partial charge in [0, 0.05) is 44.8 Å². The molecule has 2 aliphatic rings. The van der Waals surface area contributed by atoms with Gasteiger partial charge in [-0.1, -0.05) is 24.3 Å². The van der Waals surface area contributed by atoms with E-state index in [9.17, 15) is 14.4 Å². The summed E-state index contributed by atoms with van der Waals surface area (Å²) in [5.74, 6) is -0.267. The maximum Gasteiger partial charge on any atom is 0.264 e. The van der Waals surface area contributed by atoms with E-state index in [1.165, 1.54) is 11.3 Å². The normalized spacial score (nSPS) is 20.2. The van der Waals surface area contributed by atoms with Crippen LogP contribution in [0.4, 0.5) is 5.69 Å². The molecule has 4 rings (SSSR count). The van der Waals surface area contributed by atoms with Gasteiger partial charge in [0.25, 0.3) is 5.91 Å². The van der Waals surface area contributed by atoms with Crippen LogP contribution in [0.15, 0.2) is 47.8 Å². The van der Waals surface area contributed by atoms with Gasteiger partial charge in [0.05, 0.1) is 10.8 Å². The lowest BCUT2D eigenvalue weighted by molar-refractivity contribution is -0.137. The number of carbonyl (C=O) groups excluding carboxylic acids is 3. The van der Waals surface area contributed by atoms with Gasteiger partial charge in [0.1, 0.15) is 0 Å². The molecule has 0 radical (unpaired) electrons. The number of amides is 3. The quantitative estimate of drug-likeness (QED) is 0.815. The molecule has 1 aromatic heterocycles. The largest absolute Gasteiger partial charge is 0.339 e. The van der Waals surface area contributed by atoms with Crippen LogP contribution >= 0.6 is 11.3 Å². The fourth-order valence-electron chi connectivity index (χ4n) is 3.67. The zero-order valence-electron chi connectivity index (χ0n) is 14.9. The van der Waals surface area contributed by atoms with Gasteiger partial charge in [-0.25, -0.2) is 0 Å². The molecule has 0 saturated carbocycles. The number of rotatable bonds is 3. The van der Waals surface area contributed by atoms with Gasteiger partial charge >= 0.3 is 0 Å². The fourth-order valence-corrected chi connectivity index (χ4v) is 4.37. The van der Waals surface area contributed by atoms with Crippen molar-refractivity contribution in [2.45, 2.75) is 6.42 Å². The Bertz CT molecular complexity index is 829. The maximum atomic E-state index is 12.9. The summed E-state index contributed by atoms with van der Waals surface area (Å²) in [6, 6.07) is 13.2. The number of hydrogen-bond donors (Lipinski definition) is 0. The van der Waals surface area contributed by atoms with Crippen molar-refractivity contribution >= 4 is 34.7 Å². The molecule has 0 spiro atoms. The van der Waals surface area contributed by atoms with Gasteiger partial charge in [-0.3, -0.25) is 14.4 Å².